The molecule has 3 fully saturated rings. The Morgan fingerprint density at radius 2 is 2.11 bits per heavy atom. The molecule has 19 heavy (non-hydrogen) atoms. The molecular formula is C14H20O5. The fourth-order valence-electron chi connectivity index (χ4n) is 4.12. The molecule has 0 aromatic rings. The average Bonchev–Trinajstić information content (AvgIpc) is 2.85. The average molecular weight is 268 g/mol. The van der Waals surface area contributed by atoms with E-state index in [2.05, 4.69) is 0 Å². The van der Waals surface area contributed by atoms with Crippen molar-refractivity contribution in [2.45, 2.75) is 38.9 Å². The minimum atomic E-state index is -0.560. The summed E-state index contributed by atoms with van der Waals surface area (Å²) in [6.45, 7) is 5.41. The van der Waals surface area contributed by atoms with Crippen LogP contribution in [0.5, 0.6) is 0 Å². The van der Waals surface area contributed by atoms with E-state index in [4.69, 9.17) is 9.47 Å². The summed E-state index contributed by atoms with van der Waals surface area (Å²) in [6, 6.07) is 0. The molecule has 2 aliphatic carbocycles. The van der Waals surface area contributed by atoms with Crippen molar-refractivity contribution in [3.8, 4) is 0 Å². The van der Waals surface area contributed by atoms with Crippen LogP contribution in [0.3, 0.4) is 0 Å². The molecule has 1 saturated heterocycles. The third-order valence-corrected chi connectivity index (χ3v) is 4.66. The second-order valence-corrected chi connectivity index (χ2v) is 6.90. The normalized spacial score (nSPS) is 43.5. The molecule has 5 nitrogen and oxygen atoms in total. The topological polar surface area (TPSA) is 72.8 Å². The first-order valence-electron chi connectivity index (χ1n) is 6.87. The van der Waals surface area contributed by atoms with Gasteiger partial charge in [-0.1, -0.05) is 0 Å². The molecule has 0 spiro atoms. The summed E-state index contributed by atoms with van der Waals surface area (Å²) in [5, 5.41) is 9.48. The number of hydrogen-bond donors (Lipinski definition) is 1. The largest absolute Gasteiger partial charge is 0.461 e. The first kappa shape index (κ1) is 12.9. The van der Waals surface area contributed by atoms with E-state index >= 15 is 0 Å². The van der Waals surface area contributed by atoms with Gasteiger partial charge in [-0.05, 0) is 33.1 Å². The summed E-state index contributed by atoms with van der Waals surface area (Å²) in [6.07, 6.45) is 0.599. The van der Waals surface area contributed by atoms with Crippen molar-refractivity contribution in [3.63, 3.8) is 0 Å². The lowest BCUT2D eigenvalue weighted by Crippen LogP contribution is -2.41. The fraction of sp³-hybridized carbons (Fsp3) is 0.857. The number of rotatable bonds is 2. The molecule has 6 unspecified atom stereocenters. The number of carbonyl (C=O) groups is 2. The van der Waals surface area contributed by atoms with Gasteiger partial charge < -0.3 is 14.6 Å². The summed E-state index contributed by atoms with van der Waals surface area (Å²) in [7, 11) is 0. The number of hydrogen-bond acceptors (Lipinski definition) is 5. The molecule has 1 aliphatic heterocycles. The van der Waals surface area contributed by atoms with Crippen LogP contribution in [0.25, 0.3) is 0 Å². The Bertz CT molecular complexity index is 424. The van der Waals surface area contributed by atoms with Crippen LogP contribution in [0, 0.1) is 29.6 Å². The molecule has 3 rings (SSSR count). The molecule has 5 heteroatoms. The lowest BCUT2D eigenvalue weighted by molar-refractivity contribution is -0.166. The van der Waals surface area contributed by atoms with E-state index in [1.807, 2.05) is 20.8 Å². The van der Waals surface area contributed by atoms with Gasteiger partial charge >= 0.3 is 11.9 Å². The molecule has 2 bridgehead atoms. The predicted octanol–water partition coefficient (Wildman–Crippen LogP) is 0.744. The number of aliphatic hydroxyl groups is 1. The van der Waals surface area contributed by atoms with Gasteiger partial charge in [0.15, 0.2) is 0 Å². The molecule has 0 amide bonds. The van der Waals surface area contributed by atoms with Crippen molar-refractivity contribution in [1.29, 1.82) is 0 Å². The molecule has 0 radical (unpaired) electrons. The smallest absolute Gasteiger partial charge is 0.310 e. The highest BCUT2D eigenvalue weighted by molar-refractivity contribution is 5.86. The number of esters is 2. The van der Waals surface area contributed by atoms with Gasteiger partial charge in [-0.15, -0.1) is 0 Å². The van der Waals surface area contributed by atoms with Gasteiger partial charge in [0.25, 0.3) is 0 Å². The van der Waals surface area contributed by atoms with Crippen molar-refractivity contribution >= 4 is 11.9 Å². The summed E-state index contributed by atoms with van der Waals surface area (Å²) in [5.41, 5.74) is -0.560. The second-order valence-electron chi connectivity index (χ2n) is 6.90. The molecule has 1 heterocycles. The van der Waals surface area contributed by atoms with E-state index in [9.17, 15) is 14.7 Å². The monoisotopic (exact) mass is 268 g/mol. The van der Waals surface area contributed by atoms with Crippen molar-refractivity contribution in [2.24, 2.45) is 29.6 Å². The zero-order chi connectivity index (χ0) is 13.9. The quantitative estimate of drug-likeness (QED) is 0.748. The molecule has 0 aromatic carbocycles. The molecule has 2 saturated carbocycles. The maximum atomic E-state index is 12.3. The number of fused-ring (bicyclic) bond motifs is 1. The lowest BCUT2D eigenvalue weighted by Gasteiger charge is -2.31. The van der Waals surface area contributed by atoms with E-state index in [1.54, 1.807) is 0 Å². The van der Waals surface area contributed by atoms with Gasteiger partial charge in [-0.25, -0.2) is 0 Å². The highest BCUT2D eigenvalue weighted by Crippen LogP contribution is 2.60. The Labute approximate surface area is 112 Å². The maximum Gasteiger partial charge on any atom is 0.310 e. The Morgan fingerprint density at radius 3 is 2.68 bits per heavy atom. The van der Waals surface area contributed by atoms with Gasteiger partial charge in [0, 0.05) is 18.4 Å². The van der Waals surface area contributed by atoms with Gasteiger partial charge in [0.05, 0.1) is 11.8 Å². The SMILES string of the molecule is CC(C)(C)OC(=O)C1C2CC3C(OC(=O)C31)C2CO. The lowest BCUT2D eigenvalue weighted by atomic mass is 9.74. The first-order chi connectivity index (χ1) is 8.83. The summed E-state index contributed by atoms with van der Waals surface area (Å²) in [5.74, 6) is -1.39. The first-order valence-corrected chi connectivity index (χ1v) is 6.87. The number of aliphatic hydroxyl groups excluding tert-OH is 1. The van der Waals surface area contributed by atoms with E-state index in [1.165, 1.54) is 0 Å². The number of carbonyl (C=O) groups excluding carboxylic acids is 2. The predicted molar refractivity (Wildman–Crippen MR) is 64.9 cm³/mol. The van der Waals surface area contributed by atoms with Crippen LogP contribution in [0.1, 0.15) is 27.2 Å². The molecule has 3 aliphatic rings. The highest BCUT2D eigenvalue weighted by atomic mass is 16.6. The third-order valence-electron chi connectivity index (χ3n) is 4.66. The molecule has 106 valence electrons. The molecular weight excluding hydrogens is 248 g/mol. The van der Waals surface area contributed by atoms with E-state index in [-0.39, 0.29) is 48.3 Å². The fourth-order valence-corrected chi connectivity index (χ4v) is 4.12. The Kier molecular flexibility index (Phi) is 2.68. The van der Waals surface area contributed by atoms with E-state index in [0.29, 0.717) is 0 Å². The summed E-state index contributed by atoms with van der Waals surface area (Å²) < 4.78 is 10.8. The maximum absolute atomic E-state index is 12.3. The standard InChI is InChI=1S/C14H20O5/c1-14(2,3)19-13(17)9-6-4-7-10(9)12(16)18-11(7)8(6)5-15/h6-11,15H,4-5H2,1-3H3. The van der Waals surface area contributed by atoms with Crippen molar-refractivity contribution in [3.05, 3.63) is 0 Å². The van der Waals surface area contributed by atoms with Crippen LogP contribution >= 0.6 is 0 Å². The van der Waals surface area contributed by atoms with Gasteiger partial charge in [0.1, 0.15) is 11.7 Å². The molecule has 6 atom stereocenters. The van der Waals surface area contributed by atoms with Crippen LogP contribution in [0.15, 0.2) is 0 Å². The summed E-state index contributed by atoms with van der Waals surface area (Å²) in [4.78, 5) is 24.3. The minimum absolute atomic E-state index is 0.0197. The van der Waals surface area contributed by atoms with Crippen LogP contribution in [0.2, 0.25) is 0 Å². The Balaban J connectivity index is 1.86. The molecule has 1 N–H and O–H groups in total. The molecule has 0 aromatic heterocycles. The zero-order valence-corrected chi connectivity index (χ0v) is 11.5. The number of ether oxygens (including phenoxy) is 2. The van der Waals surface area contributed by atoms with Gasteiger partial charge in [0.2, 0.25) is 0 Å². The van der Waals surface area contributed by atoms with E-state index in [0.717, 1.165) is 6.42 Å². The zero-order valence-electron chi connectivity index (χ0n) is 11.5. The third kappa shape index (κ3) is 1.78. The van der Waals surface area contributed by atoms with Crippen LogP contribution in [-0.2, 0) is 19.1 Å². The Hall–Kier alpha value is -1.10. The van der Waals surface area contributed by atoms with Crippen LogP contribution in [0.4, 0.5) is 0 Å². The second kappa shape index (κ2) is 3.95. The van der Waals surface area contributed by atoms with Gasteiger partial charge in [-0.2, -0.15) is 0 Å². The van der Waals surface area contributed by atoms with E-state index < -0.39 is 11.5 Å². The van der Waals surface area contributed by atoms with Gasteiger partial charge in [-0.3, -0.25) is 9.59 Å². The summed E-state index contributed by atoms with van der Waals surface area (Å²) >= 11 is 0. The van der Waals surface area contributed by atoms with Crippen molar-refractivity contribution in [2.75, 3.05) is 6.61 Å². The van der Waals surface area contributed by atoms with Crippen molar-refractivity contribution < 1.29 is 24.2 Å². The van der Waals surface area contributed by atoms with Crippen molar-refractivity contribution in [1.82, 2.24) is 0 Å². The van der Waals surface area contributed by atoms with Crippen LogP contribution in [-0.4, -0.2) is 35.4 Å². The minimum Gasteiger partial charge on any atom is -0.461 e. The van der Waals surface area contributed by atoms with Crippen LogP contribution < -0.4 is 0 Å². The highest BCUT2D eigenvalue weighted by Gasteiger charge is 2.68. The Morgan fingerprint density at radius 1 is 1.42 bits per heavy atom.